The molecule has 128 valence electrons. The zero-order valence-electron chi connectivity index (χ0n) is 12.7. The van der Waals surface area contributed by atoms with E-state index >= 15 is 0 Å². The maximum absolute atomic E-state index is 6.00. The van der Waals surface area contributed by atoms with Crippen LogP contribution in [-0.4, -0.2) is 11.2 Å². The topological polar surface area (TPSA) is 0 Å². The standard InChI is InChI=1S/C18H12AsCl3S3/c20-13-1-7-16(8-2-13)23-19(24-17-9-3-14(21)4-10-17)25-18-11-5-15(22)6-12-18/h1-12H. The van der Waals surface area contributed by atoms with Gasteiger partial charge in [0.1, 0.15) is 0 Å². The van der Waals surface area contributed by atoms with Crippen molar-refractivity contribution in [1.82, 2.24) is 0 Å². The van der Waals surface area contributed by atoms with Crippen LogP contribution in [0, 0.1) is 0 Å². The average molecular weight is 506 g/mol. The molecule has 0 unspecified atom stereocenters. The summed E-state index contributed by atoms with van der Waals surface area (Å²) in [6.07, 6.45) is 0. The molecule has 0 N–H and O–H groups in total. The second kappa shape index (κ2) is 9.90. The van der Waals surface area contributed by atoms with E-state index in [0.29, 0.717) is 0 Å². The van der Waals surface area contributed by atoms with E-state index in [1.54, 1.807) is 0 Å². The third-order valence-corrected chi connectivity index (χ3v) is 19.4. The van der Waals surface area contributed by atoms with Crippen LogP contribution < -0.4 is 0 Å². The van der Waals surface area contributed by atoms with Gasteiger partial charge in [0.05, 0.1) is 0 Å². The first-order chi connectivity index (χ1) is 12.1. The van der Waals surface area contributed by atoms with Crippen LogP contribution in [0.4, 0.5) is 0 Å². The summed E-state index contributed by atoms with van der Waals surface area (Å²) in [6.45, 7) is 0. The number of rotatable bonds is 6. The van der Waals surface area contributed by atoms with Crippen molar-refractivity contribution in [3.8, 4) is 0 Å². The minimum absolute atomic E-state index is 0.763. The maximum atomic E-state index is 6.00. The molecular formula is C18H12AsCl3S3. The Bertz CT molecular complexity index is 696. The van der Waals surface area contributed by atoms with Gasteiger partial charge in [0, 0.05) is 0 Å². The Labute approximate surface area is 177 Å². The van der Waals surface area contributed by atoms with E-state index in [1.807, 2.05) is 66.5 Å². The quantitative estimate of drug-likeness (QED) is 0.309. The molecule has 0 saturated carbocycles. The third kappa shape index (κ3) is 6.66. The Morgan fingerprint density at radius 3 is 0.920 bits per heavy atom. The average Bonchev–Trinajstić information content (AvgIpc) is 2.61. The molecule has 0 aliphatic carbocycles. The van der Waals surface area contributed by atoms with Gasteiger partial charge < -0.3 is 0 Å². The van der Waals surface area contributed by atoms with Crippen LogP contribution in [0.2, 0.25) is 15.1 Å². The van der Waals surface area contributed by atoms with E-state index in [9.17, 15) is 0 Å². The molecule has 3 aromatic carbocycles. The van der Waals surface area contributed by atoms with Gasteiger partial charge in [-0.3, -0.25) is 0 Å². The molecule has 25 heavy (non-hydrogen) atoms. The second-order valence-corrected chi connectivity index (χ2v) is 21.8. The van der Waals surface area contributed by atoms with E-state index in [-0.39, 0.29) is 0 Å². The first kappa shape index (κ1) is 19.9. The molecule has 7 heteroatoms. The summed E-state index contributed by atoms with van der Waals surface area (Å²) in [4.78, 5) is 3.73. The van der Waals surface area contributed by atoms with Gasteiger partial charge in [-0.2, -0.15) is 0 Å². The zero-order valence-corrected chi connectivity index (χ0v) is 19.3. The fraction of sp³-hybridized carbons (Fsp3) is 0. The SMILES string of the molecule is Clc1ccc(S[As](Sc2ccc(Cl)cc2)Sc2ccc(Cl)cc2)cc1. The molecule has 0 fully saturated rings. The number of halogens is 3. The number of hydrogen-bond acceptors (Lipinski definition) is 3. The Hall–Kier alpha value is 0.138. The molecule has 0 saturated heterocycles. The van der Waals surface area contributed by atoms with Crippen LogP contribution >= 0.6 is 64.9 Å². The van der Waals surface area contributed by atoms with Crippen molar-refractivity contribution in [3.63, 3.8) is 0 Å². The summed E-state index contributed by atoms with van der Waals surface area (Å²) < 4.78 is 0. The summed E-state index contributed by atoms with van der Waals surface area (Å²) in [5.41, 5.74) is 0. The van der Waals surface area contributed by atoms with Crippen molar-refractivity contribution < 1.29 is 0 Å². The molecule has 3 aromatic rings. The van der Waals surface area contributed by atoms with E-state index in [1.165, 1.54) is 14.7 Å². The van der Waals surface area contributed by atoms with Crippen molar-refractivity contribution in [3.05, 3.63) is 87.9 Å². The van der Waals surface area contributed by atoms with Gasteiger partial charge in [-0.25, -0.2) is 0 Å². The second-order valence-electron chi connectivity index (χ2n) is 4.86. The predicted octanol–water partition coefficient (Wildman–Crippen LogP) is 8.31. The van der Waals surface area contributed by atoms with Crippen molar-refractivity contribution in [2.75, 3.05) is 0 Å². The van der Waals surface area contributed by atoms with Crippen molar-refractivity contribution in [2.24, 2.45) is 0 Å². The Kier molecular flexibility index (Phi) is 7.87. The summed E-state index contributed by atoms with van der Waals surface area (Å²) in [6, 6.07) is 24.1. The fourth-order valence-electron chi connectivity index (χ4n) is 1.80. The van der Waals surface area contributed by atoms with E-state index in [2.05, 4.69) is 36.4 Å². The van der Waals surface area contributed by atoms with E-state index < -0.39 is 11.2 Å². The van der Waals surface area contributed by atoms with Gasteiger partial charge in [0.15, 0.2) is 0 Å². The molecule has 0 aromatic heterocycles. The van der Waals surface area contributed by atoms with Gasteiger partial charge in [0.25, 0.3) is 0 Å². The summed E-state index contributed by atoms with van der Waals surface area (Å²) in [7, 11) is 5.83. The first-order valence-corrected chi connectivity index (χ1v) is 17.5. The van der Waals surface area contributed by atoms with Crippen molar-refractivity contribution >= 4 is 76.1 Å². The molecule has 0 radical (unpaired) electrons. The van der Waals surface area contributed by atoms with Crippen LogP contribution in [0.3, 0.4) is 0 Å². The molecule has 0 aliphatic heterocycles. The minimum atomic E-state index is -1.42. The van der Waals surface area contributed by atoms with Crippen LogP contribution in [0.5, 0.6) is 0 Å². The summed E-state index contributed by atoms with van der Waals surface area (Å²) in [5.74, 6) is 0. The van der Waals surface area contributed by atoms with E-state index in [4.69, 9.17) is 34.8 Å². The van der Waals surface area contributed by atoms with Crippen molar-refractivity contribution in [2.45, 2.75) is 14.7 Å². The monoisotopic (exact) mass is 504 g/mol. The molecular weight excluding hydrogens is 494 g/mol. The number of hydrogen-bond donors (Lipinski definition) is 0. The molecule has 0 nitrogen and oxygen atoms in total. The van der Waals surface area contributed by atoms with Crippen molar-refractivity contribution in [1.29, 1.82) is 0 Å². The van der Waals surface area contributed by atoms with Crippen LogP contribution in [0.25, 0.3) is 0 Å². The molecule has 0 atom stereocenters. The Balaban J connectivity index is 1.77. The molecule has 0 aliphatic rings. The zero-order chi connectivity index (χ0) is 17.6. The van der Waals surface area contributed by atoms with Crippen LogP contribution in [0.1, 0.15) is 0 Å². The molecule has 0 amide bonds. The molecule has 0 spiro atoms. The first-order valence-electron chi connectivity index (χ1n) is 7.19. The van der Waals surface area contributed by atoms with Gasteiger partial charge in [0.2, 0.25) is 0 Å². The normalized spacial score (nSPS) is 11.0. The summed E-state index contributed by atoms with van der Waals surface area (Å²) in [5, 5.41) is 2.29. The molecule has 3 rings (SSSR count). The van der Waals surface area contributed by atoms with Gasteiger partial charge in [-0.05, 0) is 0 Å². The molecule has 0 bridgehead atoms. The van der Waals surface area contributed by atoms with Gasteiger partial charge in [-0.15, -0.1) is 0 Å². The van der Waals surface area contributed by atoms with Crippen LogP contribution in [0.15, 0.2) is 87.5 Å². The summed E-state index contributed by atoms with van der Waals surface area (Å²) >= 11 is 16.6. The van der Waals surface area contributed by atoms with Crippen LogP contribution in [-0.2, 0) is 0 Å². The third-order valence-electron chi connectivity index (χ3n) is 2.98. The molecule has 0 heterocycles. The van der Waals surface area contributed by atoms with Gasteiger partial charge >= 0.3 is 179 Å². The van der Waals surface area contributed by atoms with Gasteiger partial charge in [-0.1, -0.05) is 0 Å². The van der Waals surface area contributed by atoms with E-state index in [0.717, 1.165) is 15.1 Å². The predicted molar refractivity (Wildman–Crippen MR) is 118 cm³/mol. The Morgan fingerprint density at radius 1 is 0.440 bits per heavy atom. The fourth-order valence-corrected chi connectivity index (χ4v) is 19.6. The Morgan fingerprint density at radius 2 is 0.680 bits per heavy atom. The number of benzene rings is 3.